The number of nitrogens with one attached hydrogen (secondary N) is 1. The van der Waals surface area contributed by atoms with E-state index in [-0.39, 0.29) is 23.4 Å². The van der Waals surface area contributed by atoms with Gasteiger partial charge in [-0.15, -0.1) is 0 Å². The highest BCUT2D eigenvalue weighted by Crippen LogP contribution is 2.45. The molecule has 42 heavy (non-hydrogen) atoms. The summed E-state index contributed by atoms with van der Waals surface area (Å²) in [6, 6.07) is 18.2. The van der Waals surface area contributed by atoms with Gasteiger partial charge in [0.25, 0.3) is 5.91 Å². The first-order valence-corrected chi connectivity index (χ1v) is 14.2. The summed E-state index contributed by atoms with van der Waals surface area (Å²) < 4.78 is 38.7. The molecule has 0 aromatic heterocycles. The molecule has 3 aromatic rings. The summed E-state index contributed by atoms with van der Waals surface area (Å²) in [5, 5.41) is 13.2. The van der Waals surface area contributed by atoms with Crippen LogP contribution in [0.1, 0.15) is 42.3 Å². The Morgan fingerprint density at radius 1 is 0.976 bits per heavy atom. The lowest BCUT2D eigenvalue weighted by molar-refractivity contribution is -0.145. The first-order chi connectivity index (χ1) is 20.0. The Morgan fingerprint density at radius 3 is 2.21 bits per heavy atom. The Labute approximate surface area is 244 Å². The highest BCUT2D eigenvalue weighted by atomic mass is 19.1. The van der Waals surface area contributed by atoms with E-state index in [9.17, 15) is 23.5 Å². The zero-order chi connectivity index (χ0) is 30.0. The zero-order valence-corrected chi connectivity index (χ0v) is 24.0. The van der Waals surface area contributed by atoms with E-state index in [1.807, 2.05) is 36.4 Å². The molecule has 9 heteroatoms. The van der Waals surface area contributed by atoms with Gasteiger partial charge in [0.15, 0.2) is 6.10 Å². The van der Waals surface area contributed by atoms with E-state index in [0.717, 1.165) is 23.3 Å². The second-order valence-electron chi connectivity index (χ2n) is 12.1. The van der Waals surface area contributed by atoms with Gasteiger partial charge in [-0.3, -0.25) is 4.79 Å². The van der Waals surface area contributed by atoms with Crippen molar-refractivity contribution in [3.63, 3.8) is 0 Å². The number of carbonyl (C=O) groups excluding carboxylic acids is 1. The number of carboxylic acid groups (broad SMARTS) is 1. The van der Waals surface area contributed by atoms with Gasteiger partial charge in [-0.25, -0.2) is 13.6 Å². The summed E-state index contributed by atoms with van der Waals surface area (Å²) in [7, 11) is 0. The third kappa shape index (κ3) is 6.90. The van der Waals surface area contributed by atoms with Gasteiger partial charge in [-0.2, -0.15) is 0 Å². The number of carboxylic acids is 1. The van der Waals surface area contributed by atoms with Crippen molar-refractivity contribution in [1.29, 1.82) is 0 Å². The van der Waals surface area contributed by atoms with Crippen LogP contribution in [0.2, 0.25) is 0 Å². The first-order valence-electron chi connectivity index (χ1n) is 14.2. The van der Waals surface area contributed by atoms with Crippen molar-refractivity contribution in [2.45, 2.75) is 44.8 Å². The number of amides is 1. The Bertz CT molecular complexity index is 1410. The molecule has 1 saturated carbocycles. The van der Waals surface area contributed by atoms with Crippen molar-refractivity contribution in [2.24, 2.45) is 11.8 Å². The fourth-order valence-electron chi connectivity index (χ4n) is 5.54. The highest BCUT2D eigenvalue weighted by Gasteiger charge is 2.56. The lowest BCUT2D eigenvalue weighted by Crippen LogP contribution is -2.36. The number of rotatable bonds is 11. The molecule has 7 nitrogen and oxygen atoms in total. The van der Waals surface area contributed by atoms with E-state index in [4.69, 9.17) is 9.47 Å². The molecule has 2 unspecified atom stereocenters. The largest absolute Gasteiger partial charge is 0.492 e. The van der Waals surface area contributed by atoms with Gasteiger partial charge in [0.2, 0.25) is 0 Å². The second kappa shape index (κ2) is 12.1. The van der Waals surface area contributed by atoms with E-state index in [1.165, 1.54) is 6.07 Å². The minimum Gasteiger partial charge on any atom is -0.492 e. The number of ether oxygens (including phenoxy) is 2. The monoisotopic (exact) mass is 578 g/mol. The van der Waals surface area contributed by atoms with Crippen LogP contribution in [0.5, 0.6) is 11.5 Å². The van der Waals surface area contributed by atoms with E-state index >= 15 is 0 Å². The molecule has 2 fully saturated rings. The minimum absolute atomic E-state index is 0.00106. The molecule has 1 heterocycles. The molecular formula is C33H36F2N2O5. The quantitative estimate of drug-likeness (QED) is 0.309. The lowest BCUT2D eigenvalue weighted by Gasteiger charge is -2.20. The Balaban J connectivity index is 1.03. The average Bonchev–Trinajstić information content (AvgIpc) is 3.38. The van der Waals surface area contributed by atoms with Gasteiger partial charge < -0.3 is 24.8 Å². The molecule has 0 bridgehead atoms. The number of fused-ring (bicyclic) bond motifs is 1. The summed E-state index contributed by atoms with van der Waals surface area (Å²) in [5.41, 5.74) is 1.87. The third-order valence-corrected chi connectivity index (χ3v) is 8.01. The van der Waals surface area contributed by atoms with E-state index in [1.54, 1.807) is 17.0 Å². The second-order valence-corrected chi connectivity index (χ2v) is 12.1. The molecule has 4 atom stereocenters. The molecule has 2 N–H and O–H groups in total. The first kappa shape index (κ1) is 29.5. The summed E-state index contributed by atoms with van der Waals surface area (Å²) in [6.45, 7) is 8.52. The topological polar surface area (TPSA) is 88.1 Å². The van der Waals surface area contributed by atoms with Crippen LogP contribution >= 0.6 is 0 Å². The minimum atomic E-state index is -1.03. The predicted molar refractivity (Wildman–Crippen MR) is 154 cm³/mol. The lowest BCUT2D eigenvalue weighted by atomic mass is 9.87. The van der Waals surface area contributed by atoms with Crippen LogP contribution in [0.4, 0.5) is 8.78 Å². The SMILES string of the molecule is CC(C)(C)c1ccc(O[C@@H](Cc2ccc(OCCNC3C4CN(C(=O)c5ccc(F)cc5F)C[C@@H]43)cc2)C(=O)O)cc1. The van der Waals surface area contributed by atoms with Crippen LogP contribution in [-0.4, -0.2) is 60.3 Å². The molecule has 1 amide bonds. The summed E-state index contributed by atoms with van der Waals surface area (Å²) in [6.07, 6.45) is -0.795. The molecule has 1 aliphatic carbocycles. The maximum absolute atomic E-state index is 14.0. The molecule has 222 valence electrons. The molecule has 1 saturated heterocycles. The van der Waals surface area contributed by atoms with Gasteiger partial charge in [0, 0.05) is 38.2 Å². The van der Waals surface area contributed by atoms with E-state index < -0.39 is 29.6 Å². The molecule has 5 rings (SSSR count). The maximum atomic E-state index is 14.0. The highest BCUT2D eigenvalue weighted by molar-refractivity contribution is 5.94. The van der Waals surface area contributed by atoms with Crippen LogP contribution in [0, 0.1) is 23.5 Å². The molecular weight excluding hydrogens is 542 g/mol. The normalized spacial score (nSPS) is 20.1. The smallest absolute Gasteiger partial charge is 0.345 e. The number of carbonyl (C=O) groups is 2. The van der Waals surface area contributed by atoms with Crippen molar-refractivity contribution in [3.8, 4) is 11.5 Å². The number of halogens is 2. The molecule has 3 aromatic carbocycles. The summed E-state index contributed by atoms with van der Waals surface area (Å²) in [4.78, 5) is 26.1. The number of hydrogen-bond acceptors (Lipinski definition) is 5. The van der Waals surface area contributed by atoms with Crippen molar-refractivity contribution < 1.29 is 33.0 Å². The van der Waals surface area contributed by atoms with Crippen LogP contribution in [0.25, 0.3) is 0 Å². The Morgan fingerprint density at radius 2 is 1.62 bits per heavy atom. The van der Waals surface area contributed by atoms with E-state index in [2.05, 4.69) is 26.1 Å². The molecule has 0 radical (unpaired) electrons. The predicted octanol–water partition coefficient (Wildman–Crippen LogP) is 5.08. The molecule has 1 aliphatic heterocycles. The van der Waals surface area contributed by atoms with Crippen LogP contribution in [-0.2, 0) is 16.6 Å². The van der Waals surface area contributed by atoms with Crippen molar-refractivity contribution >= 4 is 11.9 Å². The number of aliphatic carboxylic acids is 1. The standard InChI is InChI=1S/C33H36F2N2O5/c1-33(2,3)21-6-11-24(12-7-21)42-29(32(39)40)16-20-4-9-23(10-5-20)41-15-14-36-30-26-18-37(19-27(26)30)31(38)25-13-8-22(34)17-28(25)35/h4-13,17,26-27,29-30,36H,14-16,18-19H2,1-3H3,(H,39,40)/t26-,27?,29-,30?/m0/s1. The van der Waals surface area contributed by atoms with Crippen LogP contribution < -0.4 is 14.8 Å². The van der Waals surface area contributed by atoms with Crippen LogP contribution in [0.3, 0.4) is 0 Å². The fourth-order valence-corrected chi connectivity index (χ4v) is 5.54. The molecule has 0 spiro atoms. The number of piperidine rings is 1. The van der Waals surface area contributed by atoms with Crippen molar-refractivity contribution in [2.75, 3.05) is 26.2 Å². The maximum Gasteiger partial charge on any atom is 0.345 e. The number of hydrogen-bond donors (Lipinski definition) is 2. The number of benzene rings is 3. The summed E-state index contributed by atoms with van der Waals surface area (Å²) >= 11 is 0. The van der Waals surface area contributed by atoms with Crippen molar-refractivity contribution in [1.82, 2.24) is 10.2 Å². The fraction of sp³-hybridized carbons (Fsp3) is 0.394. The van der Waals surface area contributed by atoms with E-state index in [0.29, 0.717) is 49.6 Å². The van der Waals surface area contributed by atoms with Gasteiger partial charge in [0.05, 0.1) is 5.56 Å². The van der Waals surface area contributed by atoms with Crippen LogP contribution in [0.15, 0.2) is 66.7 Å². The van der Waals surface area contributed by atoms with Gasteiger partial charge in [-0.1, -0.05) is 45.0 Å². The average molecular weight is 579 g/mol. The van der Waals surface area contributed by atoms with Gasteiger partial charge in [0.1, 0.15) is 29.7 Å². The zero-order valence-electron chi connectivity index (χ0n) is 24.0. The number of nitrogens with zero attached hydrogens (tertiary/aromatic N) is 1. The Kier molecular flexibility index (Phi) is 8.50. The van der Waals surface area contributed by atoms with Gasteiger partial charge in [-0.05, 0) is 64.8 Å². The summed E-state index contributed by atoms with van der Waals surface area (Å²) in [5.74, 6) is -1.13. The van der Waals surface area contributed by atoms with Gasteiger partial charge >= 0.3 is 5.97 Å². The molecule has 2 aliphatic rings. The third-order valence-electron chi connectivity index (χ3n) is 8.01. The van der Waals surface area contributed by atoms with Crippen molar-refractivity contribution in [3.05, 3.63) is 95.1 Å². The Hall–Kier alpha value is -3.98. The number of likely N-dealkylation sites (tertiary alicyclic amines) is 1.